The Balaban J connectivity index is 1.97. The van der Waals surface area contributed by atoms with E-state index in [4.69, 9.17) is 4.74 Å². The molecule has 1 aromatic carbocycles. The van der Waals surface area contributed by atoms with Crippen molar-refractivity contribution in [3.05, 3.63) is 52.6 Å². The van der Waals surface area contributed by atoms with Crippen molar-refractivity contribution < 1.29 is 4.74 Å². The fourth-order valence-corrected chi connectivity index (χ4v) is 2.71. The largest absolute Gasteiger partial charge is 0.496 e. The Labute approximate surface area is 119 Å². The zero-order chi connectivity index (χ0) is 13.9. The SMILES string of the molecule is COc1ccc(C)cc1Cc1ncnc2c1CNCC2. The van der Waals surface area contributed by atoms with Crippen molar-refractivity contribution in [2.75, 3.05) is 13.7 Å². The Morgan fingerprint density at radius 3 is 3.05 bits per heavy atom. The molecule has 2 aromatic rings. The summed E-state index contributed by atoms with van der Waals surface area (Å²) in [6.45, 7) is 3.96. The number of methoxy groups -OCH3 is 1. The highest BCUT2D eigenvalue weighted by atomic mass is 16.5. The number of hydrogen-bond donors (Lipinski definition) is 1. The van der Waals surface area contributed by atoms with Gasteiger partial charge in [-0.15, -0.1) is 0 Å². The Hall–Kier alpha value is -1.94. The quantitative estimate of drug-likeness (QED) is 0.926. The highest BCUT2D eigenvalue weighted by molar-refractivity contribution is 5.41. The highest BCUT2D eigenvalue weighted by Crippen LogP contribution is 2.24. The van der Waals surface area contributed by atoms with E-state index < -0.39 is 0 Å². The van der Waals surface area contributed by atoms with Crippen LogP contribution in [0.4, 0.5) is 0 Å². The molecule has 104 valence electrons. The van der Waals surface area contributed by atoms with Crippen molar-refractivity contribution in [3.8, 4) is 5.75 Å². The molecule has 4 nitrogen and oxygen atoms in total. The molecule has 0 aliphatic carbocycles. The molecule has 1 aromatic heterocycles. The molecular weight excluding hydrogens is 250 g/mol. The molecule has 20 heavy (non-hydrogen) atoms. The summed E-state index contributed by atoms with van der Waals surface area (Å²) < 4.78 is 5.46. The van der Waals surface area contributed by atoms with Crippen LogP contribution in [0.3, 0.4) is 0 Å². The molecule has 3 rings (SSSR count). The molecule has 0 saturated heterocycles. The fraction of sp³-hybridized carbons (Fsp3) is 0.375. The predicted octanol–water partition coefficient (Wildman–Crippen LogP) is 2.03. The molecule has 1 N–H and O–H groups in total. The first-order valence-corrected chi connectivity index (χ1v) is 6.94. The van der Waals surface area contributed by atoms with Crippen LogP contribution < -0.4 is 10.1 Å². The van der Waals surface area contributed by atoms with Crippen LogP contribution in [0.1, 0.15) is 28.1 Å². The first-order chi connectivity index (χ1) is 9.78. The monoisotopic (exact) mass is 269 g/mol. The van der Waals surface area contributed by atoms with Gasteiger partial charge in [0.05, 0.1) is 12.8 Å². The van der Waals surface area contributed by atoms with Gasteiger partial charge >= 0.3 is 0 Å². The fourth-order valence-electron chi connectivity index (χ4n) is 2.71. The Kier molecular flexibility index (Phi) is 3.65. The van der Waals surface area contributed by atoms with E-state index in [2.05, 4.69) is 34.3 Å². The van der Waals surface area contributed by atoms with Crippen LogP contribution in [0.5, 0.6) is 5.75 Å². The first-order valence-electron chi connectivity index (χ1n) is 6.94. The third-order valence-electron chi connectivity index (χ3n) is 3.76. The summed E-state index contributed by atoms with van der Waals surface area (Å²) in [7, 11) is 1.71. The van der Waals surface area contributed by atoms with E-state index in [9.17, 15) is 0 Å². The summed E-state index contributed by atoms with van der Waals surface area (Å²) in [6, 6.07) is 6.26. The van der Waals surface area contributed by atoms with Gasteiger partial charge in [-0.1, -0.05) is 17.7 Å². The van der Waals surface area contributed by atoms with Crippen LogP contribution in [-0.4, -0.2) is 23.6 Å². The predicted molar refractivity (Wildman–Crippen MR) is 78.0 cm³/mol. The van der Waals surface area contributed by atoms with E-state index in [-0.39, 0.29) is 0 Å². The summed E-state index contributed by atoms with van der Waals surface area (Å²) in [5, 5.41) is 3.40. The summed E-state index contributed by atoms with van der Waals surface area (Å²) in [5.41, 5.74) is 5.95. The van der Waals surface area contributed by atoms with E-state index in [1.807, 2.05) is 6.07 Å². The average molecular weight is 269 g/mol. The van der Waals surface area contributed by atoms with E-state index in [0.29, 0.717) is 0 Å². The third kappa shape index (κ3) is 2.51. The van der Waals surface area contributed by atoms with Crippen molar-refractivity contribution in [2.24, 2.45) is 0 Å². The minimum atomic E-state index is 0.789. The van der Waals surface area contributed by atoms with Crippen LogP contribution in [0.25, 0.3) is 0 Å². The molecule has 0 spiro atoms. The smallest absolute Gasteiger partial charge is 0.122 e. The lowest BCUT2D eigenvalue weighted by molar-refractivity contribution is 0.410. The number of nitrogens with one attached hydrogen (secondary N) is 1. The van der Waals surface area contributed by atoms with Gasteiger partial charge in [-0.25, -0.2) is 9.97 Å². The van der Waals surface area contributed by atoms with Gasteiger partial charge in [0.15, 0.2) is 0 Å². The van der Waals surface area contributed by atoms with Crippen LogP contribution >= 0.6 is 0 Å². The van der Waals surface area contributed by atoms with E-state index in [1.54, 1.807) is 13.4 Å². The molecule has 0 fully saturated rings. The molecule has 0 bridgehead atoms. The van der Waals surface area contributed by atoms with E-state index in [1.165, 1.54) is 22.4 Å². The maximum Gasteiger partial charge on any atom is 0.122 e. The molecule has 2 heterocycles. The molecule has 0 amide bonds. The Morgan fingerprint density at radius 2 is 2.20 bits per heavy atom. The molecule has 0 saturated carbocycles. The van der Waals surface area contributed by atoms with Gasteiger partial charge < -0.3 is 10.1 Å². The van der Waals surface area contributed by atoms with E-state index >= 15 is 0 Å². The van der Waals surface area contributed by atoms with Gasteiger partial charge in [-0.2, -0.15) is 0 Å². The van der Waals surface area contributed by atoms with Crippen LogP contribution in [0.2, 0.25) is 0 Å². The number of hydrogen-bond acceptors (Lipinski definition) is 4. The Morgan fingerprint density at radius 1 is 1.30 bits per heavy atom. The number of benzene rings is 1. The van der Waals surface area contributed by atoms with E-state index in [0.717, 1.165) is 37.4 Å². The Bertz CT molecular complexity index is 625. The zero-order valence-corrected chi connectivity index (χ0v) is 11.9. The number of nitrogens with zero attached hydrogens (tertiary/aromatic N) is 2. The number of aryl methyl sites for hydroxylation is 1. The summed E-state index contributed by atoms with van der Waals surface area (Å²) in [6.07, 6.45) is 3.45. The molecule has 0 radical (unpaired) electrons. The number of rotatable bonds is 3. The lowest BCUT2D eigenvalue weighted by Crippen LogP contribution is -2.26. The molecule has 4 heteroatoms. The first kappa shape index (κ1) is 13.1. The maximum atomic E-state index is 5.46. The molecule has 1 aliphatic heterocycles. The van der Waals surface area contributed by atoms with Gasteiger partial charge in [-0.05, 0) is 13.0 Å². The van der Waals surface area contributed by atoms with Gasteiger partial charge in [0, 0.05) is 42.8 Å². The second-order valence-corrected chi connectivity index (χ2v) is 5.16. The minimum Gasteiger partial charge on any atom is -0.496 e. The molecular formula is C16H19N3O. The van der Waals surface area contributed by atoms with Crippen molar-refractivity contribution in [1.82, 2.24) is 15.3 Å². The van der Waals surface area contributed by atoms with Crippen molar-refractivity contribution in [2.45, 2.75) is 26.3 Å². The zero-order valence-electron chi connectivity index (χ0n) is 11.9. The number of fused-ring (bicyclic) bond motifs is 1. The normalized spacial score (nSPS) is 13.9. The minimum absolute atomic E-state index is 0.789. The van der Waals surface area contributed by atoms with Gasteiger partial charge in [0.25, 0.3) is 0 Å². The highest BCUT2D eigenvalue weighted by Gasteiger charge is 2.16. The number of aromatic nitrogens is 2. The maximum absolute atomic E-state index is 5.46. The second kappa shape index (κ2) is 5.59. The molecule has 0 unspecified atom stereocenters. The molecule has 0 atom stereocenters. The van der Waals surface area contributed by atoms with Crippen LogP contribution in [0, 0.1) is 6.92 Å². The molecule has 1 aliphatic rings. The average Bonchev–Trinajstić information content (AvgIpc) is 2.48. The summed E-state index contributed by atoms with van der Waals surface area (Å²) in [4.78, 5) is 8.89. The lowest BCUT2D eigenvalue weighted by Gasteiger charge is -2.19. The van der Waals surface area contributed by atoms with Crippen molar-refractivity contribution in [3.63, 3.8) is 0 Å². The second-order valence-electron chi connectivity index (χ2n) is 5.16. The topological polar surface area (TPSA) is 47.0 Å². The third-order valence-corrected chi connectivity index (χ3v) is 3.76. The van der Waals surface area contributed by atoms with Gasteiger partial charge in [-0.3, -0.25) is 0 Å². The van der Waals surface area contributed by atoms with Gasteiger partial charge in [0.2, 0.25) is 0 Å². The summed E-state index contributed by atoms with van der Waals surface area (Å²) in [5.74, 6) is 0.923. The number of ether oxygens (including phenoxy) is 1. The lowest BCUT2D eigenvalue weighted by atomic mass is 9.99. The van der Waals surface area contributed by atoms with Crippen LogP contribution in [-0.2, 0) is 19.4 Å². The summed E-state index contributed by atoms with van der Waals surface area (Å²) >= 11 is 0. The van der Waals surface area contributed by atoms with Crippen molar-refractivity contribution in [1.29, 1.82) is 0 Å². The van der Waals surface area contributed by atoms with Gasteiger partial charge in [0.1, 0.15) is 12.1 Å². The van der Waals surface area contributed by atoms with Crippen molar-refractivity contribution >= 4 is 0 Å². The standard InChI is InChI=1S/C16H19N3O/c1-11-3-4-16(20-2)12(7-11)8-15-13-9-17-6-5-14(13)18-10-19-15/h3-4,7,10,17H,5-6,8-9H2,1-2H3. The van der Waals surface area contributed by atoms with Crippen LogP contribution in [0.15, 0.2) is 24.5 Å².